The van der Waals surface area contributed by atoms with Gasteiger partial charge in [-0.05, 0) is 6.08 Å². The first kappa shape index (κ1) is 27.5. The average Bonchev–Trinajstić information content (AvgIpc) is 2.42. The fraction of sp³-hybridized carbons (Fsp3) is 0.800. The van der Waals surface area contributed by atoms with E-state index in [1.54, 1.807) is 4.74 Å². The third-order valence-corrected chi connectivity index (χ3v) is 2.63. The van der Waals surface area contributed by atoms with E-state index in [-0.39, 0.29) is 0 Å². The van der Waals surface area contributed by atoms with Gasteiger partial charge in [0.15, 0.2) is 0 Å². The molecule has 0 saturated carbocycles. The van der Waals surface area contributed by atoms with Gasteiger partial charge in [-0.25, -0.2) is 4.74 Å². The van der Waals surface area contributed by atoms with Crippen molar-refractivity contribution in [2.45, 2.75) is 48.4 Å². The molecule has 19 heteroatoms. The lowest BCUT2D eigenvalue weighted by Crippen LogP contribution is -2.67. The quantitative estimate of drug-likeness (QED) is 0.313. The zero-order chi connectivity index (χ0) is 24.1. The minimum Gasteiger partial charge on any atom is -0.262 e. The zero-order valence-corrected chi connectivity index (χ0v) is 12.5. The molecule has 0 fully saturated rings. The number of alkyl halides is 17. The van der Waals surface area contributed by atoms with Gasteiger partial charge in [-0.1, -0.05) is 6.58 Å². The maximum Gasteiger partial charge on any atom is 0.462 e. The molecular formula is C10H3F17O2. The van der Waals surface area contributed by atoms with Gasteiger partial charge in [0.2, 0.25) is 0 Å². The second-order valence-corrected chi connectivity index (χ2v) is 4.75. The number of rotatable bonds is 8. The Bertz CT molecular complexity index is 602. The Labute approximate surface area is 146 Å². The van der Waals surface area contributed by atoms with Crippen molar-refractivity contribution in [1.29, 1.82) is 0 Å². The van der Waals surface area contributed by atoms with Gasteiger partial charge in [0, 0.05) is 0 Å². The van der Waals surface area contributed by atoms with Crippen LogP contribution >= 0.6 is 0 Å². The van der Waals surface area contributed by atoms with Gasteiger partial charge >= 0.3 is 48.4 Å². The molecule has 0 rings (SSSR count). The van der Waals surface area contributed by atoms with Gasteiger partial charge in [0.1, 0.15) is 0 Å². The predicted molar refractivity (Wildman–Crippen MR) is 53.1 cm³/mol. The number of halogens is 17. The van der Waals surface area contributed by atoms with Crippen molar-refractivity contribution in [2.75, 3.05) is 0 Å². The van der Waals surface area contributed by atoms with Crippen LogP contribution in [0.25, 0.3) is 0 Å². The predicted octanol–water partition coefficient (Wildman–Crippen LogP) is 6.05. The van der Waals surface area contributed by atoms with Crippen LogP contribution in [0.15, 0.2) is 12.7 Å². The molecule has 0 radical (unpaired) electrons. The molecular weight excluding hydrogens is 475 g/mol. The third-order valence-electron chi connectivity index (χ3n) is 2.63. The van der Waals surface area contributed by atoms with Crippen LogP contribution in [0.1, 0.15) is 0 Å². The molecule has 0 aliphatic rings. The molecule has 0 amide bonds. The summed E-state index contributed by atoms with van der Waals surface area (Å²) in [6.45, 7) is 1.91. The summed E-state index contributed by atoms with van der Waals surface area (Å²) in [5, 5.41) is 0. The van der Waals surface area contributed by atoms with Gasteiger partial charge in [-0.15, -0.1) is 0 Å². The van der Waals surface area contributed by atoms with Crippen LogP contribution < -0.4 is 0 Å². The van der Waals surface area contributed by atoms with E-state index in [1.807, 2.05) is 6.58 Å². The fourth-order valence-corrected chi connectivity index (χ4v) is 1.10. The molecule has 29 heavy (non-hydrogen) atoms. The molecule has 0 aromatic rings. The van der Waals surface area contributed by atoms with Crippen LogP contribution in [0.5, 0.6) is 0 Å². The maximum absolute atomic E-state index is 13.5. The summed E-state index contributed by atoms with van der Waals surface area (Å²) in [6, 6.07) is 0. The van der Waals surface area contributed by atoms with Crippen LogP contribution in [0.4, 0.5) is 74.6 Å². The van der Waals surface area contributed by atoms with Crippen molar-refractivity contribution in [3.05, 3.63) is 12.7 Å². The van der Waals surface area contributed by atoms with Gasteiger partial charge in [-0.2, -0.15) is 74.6 Å². The Morgan fingerprint density at radius 3 is 1.14 bits per heavy atom. The standard InChI is InChI=1S/C10H3F17O2/c1-2-3(11,12)8(22,23)29-10(26,27)5(15,7(19,20)21)28-9(24,25)4(13,14)6(16,17)18/h2H,1H2. The SMILES string of the molecule is C=CC(F)(F)C(F)(F)OC(F)(F)C(F)(OC(F)(F)C(F)(F)C(F)(F)F)C(F)(F)F. The molecule has 0 aliphatic heterocycles. The highest BCUT2D eigenvalue weighted by molar-refractivity contribution is 4.98. The van der Waals surface area contributed by atoms with E-state index in [9.17, 15) is 74.6 Å². The molecule has 174 valence electrons. The van der Waals surface area contributed by atoms with Crippen molar-refractivity contribution in [3.8, 4) is 0 Å². The van der Waals surface area contributed by atoms with Gasteiger partial charge in [0.25, 0.3) is 0 Å². The second kappa shape index (κ2) is 7.02. The first-order valence-corrected chi connectivity index (χ1v) is 5.98. The van der Waals surface area contributed by atoms with E-state index in [2.05, 4.69) is 0 Å². The summed E-state index contributed by atoms with van der Waals surface area (Å²) in [5.74, 6) is -21.8. The number of ether oxygens (including phenoxy) is 2. The zero-order valence-electron chi connectivity index (χ0n) is 12.5. The number of hydrogen-bond acceptors (Lipinski definition) is 2. The van der Waals surface area contributed by atoms with E-state index in [0.29, 0.717) is 0 Å². The highest BCUT2D eigenvalue weighted by Gasteiger charge is 2.85. The minimum atomic E-state index is -7.92. The molecule has 1 unspecified atom stereocenters. The molecule has 2 nitrogen and oxygen atoms in total. The Kier molecular flexibility index (Phi) is 6.65. The van der Waals surface area contributed by atoms with Gasteiger partial charge < -0.3 is 0 Å². The molecule has 0 heterocycles. The summed E-state index contributed by atoms with van der Waals surface area (Å²) in [4.78, 5) is 0. The van der Waals surface area contributed by atoms with Gasteiger partial charge in [-0.3, -0.25) is 4.74 Å². The van der Waals surface area contributed by atoms with Crippen LogP contribution in [-0.4, -0.2) is 48.4 Å². The van der Waals surface area contributed by atoms with E-state index < -0.39 is 54.5 Å². The third kappa shape index (κ3) is 4.64. The molecule has 0 aliphatic carbocycles. The minimum absolute atomic E-state index is 1.25. The summed E-state index contributed by atoms with van der Waals surface area (Å²) >= 11 is 0. The summed E-state index contributed by atoms with van der Waals surface area (Å²) in [7, 11) is 0. The van der Waals surface area contributed by atoms with Crippen LogP contribution in [0.2, 0.25) is 0 Å². The summed E-state index contributed by atoms with van der Waals surface area (Å²) < 4.78 is 217. The molecule has 1 atom stereocenters. The Balaban J connectivity index is 6.45. The summed E-state index contributed by atoms with van der Waals surface area (Å²) in [5.41, 5.74) is 0. The van der Waals surface area contributed by atoms with E-state index >= 15 is 0 Å². The van der Waals surface area contributed by atoms with Crippen molar-refractivity contribution < 1.29 is 84.1 Å². The van der Waals surface area contributed by atoms with E-state index in [4.69, 9.17) is 0 Å². The van der Waals surface area contributed by atoms with Gasteiger partial charge in [0.05, 0.1) is 0 Å². The van der Waals surface area contributed by atoms with Crippen LogP contribution in [-0.2, 0) is 9.47 Å². The highest BCUT2D eigenvalue weighted by Crippen LogP contribution is 2.56. The normalized spacial score (nSPS) is 17.8. The first-order valence-electron chi connectivity index (χ1n) is 5.98. The lowest BCUT2D eigenvalue weighted by Gasteiger charge is -2.39. The largest absolute Gasteiger partial charge is 0.462 e. The van der Waals surface area contributed by atoms with E-state index in [0.717, 1.165) is 0 Å². The van der Waals surface area contributed by atoms with Crippen molar-refractivity contribution >= 4 is 0 Å². The van der Waals surface area contributed by atoms with Crippen molar-refractivity contribution in [2.24, 2.45) is 0 Å². The van der Waals surface area contributed by atoms with E-state index in [1.165, 1.54) is 4.74 Å². The first-order chi connectivity index (χ1) is 12.2. The highest BCUT2D eigenvalue weighted by atomic mass is 19.4. The molecule has 0 bridgehead atoms. The Hall–Kier alpha value is -1.53. The monoisotopic (exact) mass is 478 g/mol. The van der Waals surface area contributed by atoms with Crippen molar-refractivity contribution in [1.82, 2.24) is 0 Å². The summed E-state index contributed by atoms with van der Waals surface area (Å²) in [6.07, 6.45) is -39.1. The molecule has 0 aromatic heterocycles. The Morgan fingerprint density at radius 1 is 0.483 bits per heavy atom. The fourth-order valence-electron chi connectivity index (χ4n) is 1.10. The van der Waals surface area contributed by atoms with Crippen LogP contribution in [0.3, 0.4) is 0 Å². The Morgan fingerprint density at radius 2 is 0.862 bits per heavy atom. The smallest absolute Gasteiger partial charge is 0.262 e. The van der Waals surface area contributed by atoms with Crippen molar-refractivity contribution in [3.63, 3.8) is 0 Å². The maximum atomic E-state index is 13.5. The topological polar surface area (TPSA) is 18.5 Å². The average molecular weight is 478 g/mol. The molecule has 0 N–H and O–H groups in total. The number of hydrogen-bond donors (Lipinski definition) is 0. The van der Waals surface area contributed by atoms with Crippen LogP contribution in [0, 0.1) is 0 Å². The lowest BCUT2D eigenvalue weighted by molar-refractivity contribution is -0.556. The lowest BCUT2D eigenvalue weighted by atomic mass is 10.2. The molecule has 0 spiro atoms. The molecule has 0 saturated heterocycles. The molecule has 0 aromatic carbocycles. The second-order valence-electron chi connectivity index (χ2n) is 4.75.